The van der Waals surface area contributed by atoms with Crippen molar-refractivity contribution < 1.29 is 9.59 Å². The number of amides is 2. The molecule has 0 bridgehead atoms. The second kappa shape index (κ2) is 6.52. The van der Waals surface area contributed by atoms with Gasteiger partial charge in [-0.1, -0.05) is 6.07 Å². The van der Waals surface area contributed by atoms with Gasteiger partial charge < -0.3 is 16.0 Å². The number of aryl methyl sites for hydroxylation is 1. The summed E-state index contributed by atoms with van der Waals surface area (Å²) in [4.78, 5) is 23.3. The highest BCUT2D eigenvalue weighted by molar-refractivity contribution is 5.95. The molecule has 1 heterocycles. The third-order valence-electron chi connectivity index (χ3n) is 3.48. The molecule has 2 rings (SSSR count). The summed E-state index contributed by atoms with van der Waals surface area (Å²) in [6, 6.07) is 5.54. The van der Waals surface area contributed by atoms with Gasteiger partial charge in [0.25, 0.3) is 0 Å². The highest BCUT2D eigenvalue weighted by Gasteiger charge is 2.20. The Bertz CT molecular complexity index is 508. The molecule has 0 spiro atoms. The normalized spacial score (nSPS) is 18.4. The van der Waals surface area contributed by atoms with Crippen LogP contribution in [0.25, 0.3) is 0 Å². The molecule has 1 saturated heterocycles. The van der Waals surface area contributed by atoms with Crippen molar-refractivity contribution in [3.05, 3.63) is 23.8 Å². The number of rotatable bonds is 3. The fourth-order valence-corrected chi connectivity index (χ4v) is 2.34. The number of hydrogen-bond acceptors (Lipinski definition) is 3. The van der Waals surface area contributed by atoms with Crippen LogP contribution in [-0.4, -0.2) is 24.9 Å². The molecule has 0 aliphatic carbocycles. The van der Waals surface area contributed by atoms with Crippen molar-refractivity contribution in [1.82, 2.24) is 5.32 Å². The Labute approximate surface area is 119 Å². The van der Waals surface area contributed by atoms with E-state index in [2.05, 4.69) is 16.0 Å². The maximum Gasteiger partial charge on any atom is 0.228 e. The van der Waals surface area contributed by atoms with E-state index < -0.39 is 0 Å². The Kier molecular flexibility index (Phi) is 4.74. The van der Waals surface area contributed by atoms with Gasteiger partial charge in [-0.2, -0.15) is 0 Å². The minimum Gasteiger partial charge on any atom is -0.326 e. The molecule has 20 heavy (non-hydrogen) atoms. The van der Waals surface area contributed by atoms with E-state index in [1.54, 1.807) is 6.07 Å². The molecular formula is C15H21N3O2. The molecule has 108 valence electrons. The van der Waals surface area contributed by atoms with Gasteiger partial charge in [0.2, 0.25) is 11.8 Å². The highest BCUT2D eigenvalue weighted by Crippen LogP contribution is 2.21. The van der Waals surface area contributed by atoms with Crippen LogP contribution in [0.5, 0.6) is 0 Å². The summed E-state index contributed by atoms with van der Waals surface area (Å²) in [5.41, 5.74) is 2.42. The average molecular weight is 275 g/mol. The van der Waals surface area contributed by atoms with Gasteiger partial charge in [0.15, 0.2) is 0 Å². The maximum absolute atomic E-state index is 12.1. The quantitative estimate of drug-likeness (QED) is 0.789. The first kappa shape index (κ1) is 14.5. The molecular weight excluding hydrogens is 254 g/mol. The Morgan fingerprint density at radius 1 is 1.30 bits per heavy atom. The first-order chi connectivity index (χ1) is 9.56. The molecule has 1 aromatic carbocycles. The molecule has 2 amide bonds. The lowest BCUT2D eigenvalue weighted by atomic mass is 9.98. The lowest BCUT2D eigenvalue weighted by Crippen LogP contribution is -2.37. The molecule has 1 aromatic rings. The molecule has 1 fully saturated rings. The predicted octanol–water partition coefficient (Wildman–Crippen LogP) is 1.89. The van der Waals surface area contributed by atoms with Crippen molar-refractivity contribution in [3.63, 3.8) is 0 Å². The van der Waals surface area contributed by atoms with Crippen LogP contribution in [0, 0.1) is 12.8 Å². The smallest absolute Gasteiger partial charge is 0.228 e. The Morgan fingerprint density at radius 3 is 2.75 bits per heavy atom. The maximum atomic E-state index is 12.1. The molecule has 1 atom stereocenters. The molecule has 3 N–H and O–H groups in total. The third kappa shape index (κ3) is 3.81. The molecule has 0 saturated carbocycles. The van der Waals surface area contributed by atoms with Crippen molar-refractivity contribution in [2.45, 2.75) is 26.7 Å². The van der Waals surface area contributed by atoms with Crippen LogP contribution >= 0.6 is 0 Å². The number of carbonyl (C=O) groups excluding carboxylic acids is 2. The van der Waals surface area contributed by atoms with E-state index in [0.29, 0.717) is 0 Å². The highest BCUT2D eigenvalue weighted by atomic mass is 16.2. The summed E-state index contributed by atoms with van der Waals surface area (Å²) in [7, 11) is 0. The van der Waals surface area contributed by atoms with Gasteiger partial charge in [-0.3, -0.25) is 9.59 Å². The van der Waals surface area contributed by atoms with Crippen LogP contribution < -0.4 is 16.0 Å². The van der Waals surface area contributed by atoms with E-state index in [9.17, 15) is 9.59 Å². The SMILES string of the molecule is CC(=O)Nc1cc(NC(=O)C2CCCNC2)ccc1C. The van der Waals surface area contributed by atoms with Gasteiger partial charge in [0, 0.05) is 24.8 Å². The fraction of sp³-hybridized carbons (Fsp3) is 0.467. The number of anilines is 2. The summed E-state index contributed by atoms with van der Waals surface area (Å²) in [5.74, 6) is -0.0582. The van der Waals surface area contributed by atoms with Crippen molar-refractivity contribution >= 4 is 23.2 Å². The lowest BCUT2D eigenvalue weighted by molar-refractivity contribution is -0.120. The van der Waals surface area contributed by atoms with Gasteiger partial charge >= 0.3 is 0 Å². The van der Waals surface area contributed by atoms with Crippen LogP contribution in [0.2, 0.25) is 0 Å². The van der Waals surface area contributed by atoms with Gasteiger partial charge in [-0.25, -0.2) is 0 Å². The summed E-state index contributed by atoms with van der Waals surface area (Å²) >= 11 is 0. The van der Waals surface area contributed by atoms with Crippen molar-refractivity contribution in [2.24, 2.45) is 5.92 Å². The van der Waals surface area contributed by atoms with E-state index in [1.807, 2.05) is 19.1 Å². The number of benzene rings is 1. The predicted molar refractivity (Wildman–Crippen MR) is 79.7 cm³/mol. The number of hydrogen-bond donors (Lipinski definition) is 3. The monoisotopic (exact) mass is 275 g/mol. The van der Waals surface area contributed by atoms with E-state index in [1.165, 1.54) is 6.92 Å². The molecule has 1 unspecified atom stereocenters. The van der Waals surface area contributed by atoms with Crippen molar-refractivity contribution in [2.75, 3.05) is 23.7 Å². The standard InChI is InChI=1S/C15H21N3O2/c1-10-5-6-13(8-14(10)17-11(2)19)18-15(20)12-4-3-7-16-9-12/h5-6,8,12,16H,3-4,7,9H2,1-2H3,(H,17,19)(H,18,20). The molecule has 5 heteroatoms. The second-order valence-corrected chi connectivity index (χ2v) is 5.24. The largest absolute Gasteiger partial charge is 0.326 e. The Morgan fingerprint density at radius 2 is 2.10 bits per heavy atom. The van der Waals surface area contributed by atoms with Crippen LogP contribution in [0.4, 0.5) is 11.4 Å². The van der Waals surface area contributed by atoms with E-state index in [4.69, 9.17) is 0 Å². The minimum absolute atomic E-state index is 0.0225. The fourth-order valence-electron chi connectivity index (χ4n) is 2.34. The third-order valence-corrected chi connectivity index (χ3v) is 3.48. The molecule has 1 aliphatic rings. The minimum atomic E-state index is -0.118. The zero-order chi connectivity index (χ0) is 14.5. The van der Waals surface area contributed by atoms with E-state index >= 15 is 0 Å². The molecule has 0 aromatic heterocycles. The topological polar surface area (TPSA) is 70.2 Å². The summed E-state index contributed by atoms with van der Waals surface area (Å²) in [5, 5.41) is 8.92. The zero-order valence-corrected chi connectivity index (χ0v) is 12.0. The number of piperidine rings is 1. The van der Waals surface area contributed by atoms with Crippen LogP contribution in [0.15, 0.2) is 18.2 Å². The van der Waals surface area contributed by atoms with Gasteiger partial charge in [-0.15, -0.1) is 0 Å². The summed E-state index contributed by atoms with van der Waals surface area (Å²) in [6.45, 7) is 5.11. The van der Waals surface area contributed by atoms with Gasteiger partial charge in [-0.05, 0) is 44.0 Å². The van der Waals surface area contributed by atoms with Crippen LogP contribution in [-0.2, 0) is 9.59 Å². The first-order valence-corrected chi connectivity index (χ1v) is 6.96. The Balaban J connectivity index is 2.05. The Hall–Kier alpha value is -1.88. The van der Waals surface area contributed by atoms with Crippen LogP contribution in [0.3, 0.4) is 0 Å². The number of carbonyl (C=O) groups is 2. The molecule has 0 radical (unpaired) electrons. The van der Waals surface area contributed by atoms with Gasteiger partial charge in [0.05, 0.1) is 5.92 Å². The second-order valence-electron chi connectivity index (χ2n) is 5.24. The molecule has 5 nitrogen and oxygen atoms in total. The number of nitrogens with one attached hydrogen (secondary N) is 3. The van der Waals surface area contributed by atoms with Crippen molar-refractivity contribution in [1.29, 1.82) is 0 Å². The van der Waals surface area contributed by atoms with E-state index in [0.717, 1.165) is 42.9 Å². The average Bonchev–Trinajstić information content (AvgIpc) is 2.43. The van der Waals surface area contributed by atoms with Crippen molar-refractivity contribution in [3.8, 4) is 0 Å². The molecule has 1 aliphatic heterocycles. The van der Waals surface area contributed by atoms with Gasteiger partial charge in [0.1, 0.15) is 0 Å². The lowest BCUT2D eigenvalue weighted by Gasteiger charge is -2.22. The van der Waals surface area contributed by atoms with E-state index in [-0.39, 0.29) is 17.7 Å². The summed E-state index contributed by atoms with van der Waals surface area (Å²) < 4.78 is 0. The summed E-state index contributed by atoms with van der Waals surface area (Å²) in [6.07, 6.45) is 1.95. The van der Waals surface area contributed by atoms with Crippen LogP contribution in [0.1, 0.15) is 25.3 Å². The zero-order valence-electron chi connectivity index (χ0n) is 12.0. The first-order valence-electron chi connectivity index (χ1n) is 6.96.